The average Bonchev–Trinajstić information content (AvgIpc) is 2.36. The Balaban J connectivity index is 2.68. The summed E-state index contributed by atoms with van der Waals surface area (Å²) >= 11 is 0. The zero-order valence-corrected chi connectivity index (χ0v) is 11.0. The van der Waals surface area contributed by atoms with Gasteiger partial charge in [-0.2, -0.15) is 0 Å². The number of nitrogens with one attached hydrogen (secondary N) is 1. The van der Waals surface area contributed by atoms with Crippen LogP contribution in [0.2, 0.25) is 0 Å². The van der Waals surface area contributed by atoms with Gasteiger partial charge >= 0.3 is 0 Å². The summed E-state index contributed by atoms with van der Waals surface area (Å²) < 4.78 is 15.9. The van der Waals surface area contributed by atoms with E-state index in [1.165, 1.54) is 7.11 Å². The fourth-order valence-electron chi connectivity index (χ4n) is 2.28. The van der Waals surface area contributed by atoms with E-state index in [-0.39, 0.29) is 11.9 Å². The van der Waals surface area contributed by atoms with Crippen molar-refractivity contribution >= 4 is 5.91 Å². The number of methoxy groups -OCH3 is 3. The number of amides is 1. The molecular weight excluding hydrogens is 234 g/mol. The third-order valence-corrected chi connectivity index (χ3v) is 3.07. The van der Waals surface area contributed by atoms with Crippen LogP contribution in [-0.2, 0) is 6.42 Å². The van der Waals surface area contributed by atoms with E-state index in [0.29, 0.717) is 29.2 Å². The molecule has 5 heteroatoms. The first-order valence-electron chi connectivity index (χ1n) is 5.75. The van der Waals surface area contributed by atoms with E-state index in [9.17, 15) is 4.79 Å². The minimum Gasteiger partial charge on any atom is -0.493 e. The van der Waals surface area contributed by atoms with Crippen LogP contribution in [-0.4, -0.2) is 33.3 Å². The van der Waals surface area contributed by atoms with Gasteiger partial charge in [-0.25, -0.2) is 0 Å². The van der Waals surface area contributed by atoms with E-state index in [1.807, 2.05) is 6.92 Å². The topological polar surface area (TPSA) is 56.8 Å². The summed E-state index contributed by atoms with van der Waals surface area (Å²) in [7, 11) is 4.65. The largest absolute Gasteiger partial charge is 0.493 e. The van der Waals surface area contributed by atoms with E-state index in [1.54, 1.807) is 20.3 Å². The Morgan fingerprint density at radius 2 is 1.83 bits per heavy atom. The molecule has 0 fully saturated rings. The van der Waals surface area contributed by atoms with Gasteiger partial charge in [-0.15, -0.1) is 0 Å². The monoisotopic (exact) mass is 251 g/mol. The fourth-order valence-corrected chi connectivity index (χ4v) is 2.28. The molecule has 1 unspecified atom stereocenters. The molecule has 2 rings (SSSR count). The minimum absolute atomic E-state index is 0.0806. The summed E-state index contributed by atoms with van der Waals surface area (Å²) in [4.78, 5) is 12.0. The van der Waals surface area contributed by atoms with E-state index in [4.69, 9.17) is 14.2 Å². The van der Waals surface area contributed by atoms with E-state index >= 15 is 0 Å². The second kappa shape index (κ2) is 4.76. The van der Waals surface area contributed by atoms with Gasteiger partial charge in [0, 0.05) is 11.6 Å². The summed E-state index contributed by atoms with van der Waals surface area (Å²) in [6.45, 7) is 1.96. The first-order valence-corrected chi connectivity index (χ1v) is 5.75. The number of hydrogen-bond acceptors (Lipinski definition) is 4. The van der Waals surface area contributed by atoms with Crippen molar-refractivity contribution in [2.75, 3.05) is 21.3 Å². The summed E-state index contributed by atoms with van der Waals surface area (Å²) in [5, 5.41) is 2.88. The molecule has 0 radical (unpaired) electrons. The quantitative estimate of drug-likeness (QED) is 0.882. The zero-order chi connectivity index (χ0) is 13.3. The van der Waals surface area contributed by atoms with E-state index in [2.05, 4.69) is 5.32 Å². The summed E-state index contributed by atoms with van der Waals surface area (Å²) in [6, 6.07) is 1.77. The Morgan fingerprint density at radius 1 is 1.17 bits per heavy atom. The van der Waals surface area contributed by atoms with Crippen molar-refractivity contribution in [2.24, 2.45) is 0 Å². The van der Waals surface area contributed by atoms with Gasteiger partial charge in [-0.1, -0.05) is 0 Å². The lowest BCUT2D eigenvalue weighted by Gasteiger charge is -2.26. The van der Waals surface area contributed by atoms with Crippen molar-refractivity contribution in [3.05, 3.63) is 17.2 Å². The first-order chi connectivity index (χ1) is 8.62. The van der Waals surface area contributed by atoms with Gasteiger partial charge in [-0.05, 0) is 19.4 Å². The Kier molecular flexibility index (Phi) is 3.32. The molecule has 1 aliphatic heterocycles. The molecule has 0 bridgehead atoms. The molecule has 1 amide bonds. The highest BCUT2D eigenvalue weighted by molar-refractivity contribution is 5.98. The van der Waals surface area contributed by atoms with Crippen LogP contribution in [0.4, 0.5) is 0 Å². The molecule has 98 valence electrons. The molecule has 0 aromatic heterocycles. The minimum atomic E-state index is -0.108. The molecule has 1 N–H and O–H groups in total. The smallest absolute Gasteiger partial charge is 0.252 e. The zero-order valence-electron chi connectivity index (χ0n) is 11.0. The summed E-state index contributed by atoms with van der Waals surface area (Å²) in [5.74, 6) is 1.50. The molecule has 18 heavy (non-hydrogen) atoms. The van der Waals surface area contributed by atoms with Gasteiger partial charge < -0.3 is 19.5 Å². The fraction of sp³-hybridized carbons (Fsp3) is 0.462. The molecule has 1 atom stereocenters. The lowest BCUT2D eigenvalue weighted by Crippen LogP contribution is -2.39. The van der Waals surface area contributed by atoms with E-state index < -0.39 is 0 Å². The highest BCUT2D eigenvalue weighted by atomic mass is 16.5. The number of hydrogen-bond donors (Lipinski definition) is 1. The second-order valence-corrected chi connectivity index (χ2v) is 4.25. The maximum Gasteiger partial charge on any atom is 0.252 e. The Morgan fingerprint density at radius 3 is 2.39 bits per heavy atom. The number of benzene rings is 1. The standard InChI is InChI=1S/C13H17NO4/c1-7-5-8-9(13(15)14-7)6-10(16-2)12(18-4)11(8)17-3/h6-7H,5H2,1-4H3,(H,14,15). The van der Waals surface area contributed by atoms with Crippen LogP contribution in [0.1, 0.15) is 22.8 Å². The highest BCUT2D eigenvalue weighted by Gasteiger charge is 2.29. The number of carbonyl (C=O) groups is 1. The number of fused-ring (bicyclic) bond motifs is 1. The van der Waals surface area contributed by atoms with Gasteiger partial charge in [0.25, 0.3) is 5.91 Å². The van der Waals surface area contributed by atoms with Crippen LogP contribution in [0.15, 0.2) is 6.07 Å². The van der Waals surface area contributed by atoms with Crippen LogP contribution < -0.4 is 19.5 Å². The van der Waals surface area contributed by atoms with Crippen molar-refractivity contribution in [3.8, 4) is 17.2 Å². The molecule has 1 heterocycles. The van der Waals surface area contributed by atoms with Crippen molar-refractivity contribution in [2.45, 2.75) is 19.4 Å². The van der Waals surface area contributed by atoms with Crippen molar-refractivity contribution in [1.29, 1.82) is 0 Å². The molecule has 0 spiro atoms. The van der Waals surface area contributed by atoms with Crippen molar-refractivity contribution < 1.29 is 19.0 Å². The molecule has 0 saturated carbocycles. The number of carbonyl (C=O) groups excluding carboxylic acids is 1. The van der Waals surface area contributed by atoms with Crippen LogP contribution in [0.3, 0.4) is 0 Å². The molecule has 5 nitrogen and oxygen atoms in total. The first kappa shape index (κ1) is 12.5. The third-order valence-electron chi connectivity index (χ3n) is 3.07. The molecule has 1 aliphatic rings. The lowest BCUT2D eigenvalue weighted by molar-refractivity contribution is 0.0927. The normalized spacial score (nSPS) is 17.8. The lowest BCUT2D eigenvalue weighted by atomic mass is 9.94. The second-order valence-electron chi connectivity index (χ2n) is 4.25. The summed E-state index contributed by atoms with van der Waals surface area (Å²) in [6.07, 6.45) is 0.713. The number of ether oxygens (including phenoxy) is 3. The average molecular weight is 251 g/mol. The molecule has 1 aromatic rings. The summed E-state index contributed by atoms with van der Waals surface area (Å²) in [5.41, 5.74) is 1.45. The predicted octanol–water partition coefficient (Wildman–Crippen LogP) is 1.39. The highest BCUT2D eigenvalue weighted by Crippen LogP contribution is 2.43. The van der Waals surface area contributed by atoms with Gasteiger partial charge in [0.15, 0.2) is 11.5 Å². The predicted molar refractivity (Wildman–Crippen MR) is 66.7 cm³/mol. The Bertz CT molecular complexity index is 484. The van der Waals surface area contributed by atoms with Crippen LogP contribution in [0.5, 0.6) is 17.2 Å². The SMILES string of the molecule is COc1cc2c(c(OC)c1OC)CC(C)NC2=O. The number of rotatable bonds is 3. The van der Waals surface area contributed by atoms with E-state index in [0.717, 1.165) is 5.56 Å². The van der Waals surface area contributed by atoms with Gasteiger partial charge in [-0.3, -0.25) is 4.79 Å². The van der Waals surface area contributed by atoms with Crippen LogP contribution >= 0.6 is 0 Å². The Hall–Kier alpha value is -1.91. The third kappa shape index (κ3) is 1.85. The van der Waals surface area contributed by atoms with Crippen molar-refractivity contribution in [3.63, 3.8) is 0 Å². The van der Waals surface area contributed by atoms with Crippen molar-refractivity contribution in [1.82, 2.24) is 5.32 Å². The molecular formula is C13H17NO4. The van der Waals surface area contributed by atoms with Crippen LogP contribution in [0, 0.1) is 0 Å². The van der Waals surface area contributed by atoms with Crippen LogP contribution in [0.25, 0.3) is 0 Å². The molecule has 0 saturated heterocycles. The maximum absolute atomic E-state index is 12.0. The van der Waals surface area contributed by atoms with Gasteiger partial charge in [0.1, 0.15) is 0 Å². The van der Waals surface area contributed by atoms with Gasteiger partial charge in [0.2, 0.25) is 5.75 Å². The Labute approximate surface area is 106 Å². The van der Waals surface area contributed by atoms with Gasteiger partial charge in [0.05, 0.1) is 26.9 Å². The molecule has 0 aliphatic carbocycles. The molecule has 1 aromatic carbocycles. The maximum atomic E-state index is 12.0.